The lowest BCUT2D eigenvalue weighted by atomic mass is 10.1. The molecule has 1 aromatic carbocycles. The van der Waals surface area contributed by atoms with Crippen LogP contribution in [0.25, 0.3) is 0 Å². The quantitative estimate of drug-likeness (QED) is 0.856. The average Bonchev–Trinajstić information content (AvgIpc) is 3.01. The molecule has 0 heterocycles. The number of methoxy groups -OCH3 is 1. The maximum atomic E-state index is 12.1. The van der Waals surface area contributed by atoms with Gasteiger partial charge in [0.15, 0.2) is 0 Å². The molecule has 0 aliphatic heterocycles. The molecular formula is C15H21NO3. The van der Waals surface area contributed by atoms with Crippen LogP contribution in [0.2, 0.25) is 0 Å². The van der Waals surface area contributed by atoms with E-state index in [2.05, 4.69) is 19.2 Å². The Labute approximate surface area is 113 Å². The van der Waals surface area contributed by atoms with Crippen molar-refractivity contribution in [1.29, 1.82) is 0 Å². The van der Waals surface area contributed by atoms with E-state index in [4.69, 9.17) is 9.84 Å². The second-order valence-corrected chi connectivity index (χ2v) is 5.74. The summed E-state index contributed by atoms with van der Waals surface area (Å²) in [4.78, 5) is 12.1. The predicted octanol–water partition coefficient (Wildman–Crippen LogP) is 2.21. The van der Waals surface area contributed by atoms with Gasteiger partial charge in [0, 0.05) is 12.5 Å². The number of aliphatic hydroxyl groups is 1. The third kappa shape index (κ3) is 3.07. The van der Waals surface area contributed by atoms with Crippen molar-refractivity contribution in [3.63, 3.8) is 0 Å². The summed E-state index contributed by atoms with van der Waals surface area (Å²) in [5.74, 6) is 0.783. The first kappa shape index (κ1) is 13.9. The van der Waals surface area contributed by atoms with Crippen molar-refractivity contribution in [2.24, 2.45) is 11.3 Å². The van der Waals surface area contributed by atoms with Crippen LogP contribution in [0.1, 0.15) is 25.8 Å². The molecule has 1 aliphatic rings. The van der Waals surface area contributed by atoms with Crippen LogP contribution >= 0.6 is 0 Å². The first-order chi connectivity index (χ1) is 8.97. The highest BCUT2D eigenvalue weighted by Crippen LogP contribution is 2.52. The van der Waals surface area contributed by atoms with E-state index in [-0.39, 0.29) is 23.8 Å². The minimum absolute atomic E-state index is 0.0539. The van der Waals surface area contributed by atoms with Gasteiger partial charge in [0.1, 0.15) is 5.75 Å². The van der Waals surface area contributed by atoms with Gasteiger partial charge < -0.3 is 15.2 Å². The van der Waals surface area contributed by atoms with Crippen molar-refractivity contribution >= 4 is 11.6 Å². The van der Waals surface area contributed by atoms with Gasteiger partial charge in [-0.05, 0) is 36.0 Å². The van der Waals surface area contributed by atoms with Gasteiger partial charge in [-0.3, -0.25) is 4.79 Å². The summed E-state index contributed by atoms with van der Waals surface area (Å²) in [5.41, 5.74) is 1.80. The van der Waals surface area contributed by atoms with Gasteiger partial charge in [0.05, 0.1) is 12.8 Å². The molecule has 1 amide bonds. The largest absolute Gasteiger partial charge is 0.495 e. The van der Waals surface area contributed by atoms with Crippen LogP contribution < -0.4 is 10.1 Å². The molecule has 19 heavy (non-hydrogen) atoms. The number of benzene rings is 1. The van der Waals surface area contributed by atoms with Gasteiger partial charge in [-0.15, -0.1) is 0 Å². The van der Waals surface area contributed by atoms with Gasteiger partial charge in [0.25, 0.3) is 0 Å². The van der Waals surface area contributed by atoms with Crippen molar-refractivity contribution in [2.45, 2.75) is 26.7 Å². The third-order valence-corrected chi connectivity index (χ3v) is 3.75. The molecule has 2 rings (SSSR count). The molecule has 4 nitrogen and oxygen atoms in total. The Morgan fingerprint density at radius 2 is 2.21 bits per heavy atom. The zero-order valence-corrected chi connectivity index (χ0v) is 11.7. The number of carbonyl (C=O) groups is 1. The second-order valence-electron chi connectivity index (χ2n) is 5.74. The number of aliphatic hydroxyl groups excluding tert-OH is 1. The summed E-state index contributed by atoms with van der Waals surface area (Å²) >= 11 is 0. The molecule has 0 bridgehead atoms. The Hall–Kier alpha value is -1.55. The number of anilines is 1. The fraction of sp³-hybridized carbons (Fsp3) is 0.533. The SMILES string of the molecule is COc1cc(CCO)ccc1NC(=O)C1CC1(C)C. The van der Waals surface area contributed by atoms with E-state index in [0.717, 1.165) is 12.0 Å². The van der Waals surface area contributed by atoms with Gasteiger partial charge in [-0.2, -0.15) is 0 Å². The van der Waals surface area contributed by atoms with E-state index < -0.39 is 0 Å². The number of ether oxygens (including phenoxy) is 1. The van der Waals surface area contributed by atoms with Crippen molar-refractivity contribution in [1.82, 2.24) is 0 Å². The number of nitrogens with one attached hydrogen (secondary N) is 1. The lowest BCUT2D eigenvalue weighted by Gasteiger charge is -2.12. The molecule has 1 fully saturated rings. The van der Waals surface area contributed by atoms with Gasteiger partial charge in [-0.1, -0.05) is 19.9 Å². The van der Waals surface area contributed by atoms with Crippen LogP contribution in [0.4, 0.5) is 5.69 Å². The highest BCUT2D eigenvalue weighted by molar-refractivity contribution is 5.96. The maximum Gasteiger partial charge on any atom is 0.228 e. The third-order valence-electron chi connectivity index (χ3n) is 3.75. The topological polar surface area (TPSA) is 58.6 Å². The standard InChI is InChI=1S/C15H21NO3/c1-15(2)9-11(15)14(18)16-12-5-4-10(6-7-17)8-13(12)19-3/h4-5,8,11,17H,6-7,9H2,1-3H3,(H,16,18). The Bertz CT molecular complexity index is 482. The molecule has 2 N–H and O–H groups in total. The average molecular weight is 263 g/mol. The summed E-state index contributed by atoms with van der Waals surface area (Å²) in [6, 6.07) is 5.58. The van der Waals surface area contributed by atoms with Crippen molar-refractivity contribution in [3.05, 3.63) is 23.8 Å². The van der Waals surface area contributed by atoms with Gasteiger partial charge in [0.2, 0.25) is 5.91 Å². The molecule has 0 saturated heterocycles. The molecule has 1 saturated carbocycles. The highest BCUT2D eigenvalue weighted by atomic mass is 16.5. The van der Waals surface area contributed by atoms with Crippen LogP contribution in [-0.2, 0) is 11.2 Å². The number of carbonyl (C=O) groups excluding carboxylic acids is 1. The molecule has 0 spiro atoms. The van der Waals surface area contributed by atoms with Gasteiger partial charge in [-0.25, -0.2) is 0 Å². The van der Waals surface area contributed by atoms with E-state index >= 15 is 0 Å². The molecular weight excluding hydrogens is 242 g/mol. The maximum absolute atomic E-state index is 12.1. The van der Waals surface area contributed by atoms with Crippen molar-refractivity contribution in [2.75, 3.05) is 19.0 Å². The monoisotopic (exact) mass is 263 g/mol. The van der Waals surface area contributed by atoms with Crippen molar-refractivity contribution in [3.8, 4) is 5.75 Å². The van der Waals surface area contributed by atoms with Crippen LogP contribution in [-0.4, -0.2) is 24.7 Å². The van der Waals surface area contributed by atoms with Gasteiger partial charge >= 0.3 is 0 Å². The van der Waals surface area contributed by atoms with Crippen LogP contribution in [0.3, 0.4) is 0 Å². The lowest BCUT2D eigenvalue weighted by Crippen LogP contribution is -2.17. The Morgan fingerprint density at radius 1 is 1.53 bits per heavy atom. The van der Waals surface area contributed by atoms with Crippen LogP contribution in [0.15, 0.2) is 18.2 Å². The molecule has 1 unspecified atom stereocenters. The zero-order valence-electron chi connectivity index (χ0n) is 11.7. The Balaban J connectivity index is 2.09. The molecule has 4 heteroatoms. The minimum Gasteiger partial charge on any atom is -0.495 e. The Morgan fingerprint density at radius 3 is 2.74 bits per heavy atom. The molecule has 104 valence electrons. The second kappa shape index (κ2) is 5.21. The smallest absolute Gasteiger partial charge is 0.228 e. The van der Waals surface area contributed by atoms with E-state index in [1.54, 1.807) is 7.11 Å². The van der Waals surface area contributed by atoms with Crippen LogP contribution in [0, 0.1) is 11.3 Å². The van der Waals surface area contributed by atoms with E-state index in [9.17, 15) is 4.79 Å². The number of rotatable bonds is 5. The number of amides is 1. The zero-order chi connectivity index (χ0) is 14.0. The predicted molar refractivity (Wildman–Crippen MR) is 74.3 cm³/mol. The highest BCUT2D eigenvalue weighted by Gasteiger charge is 2.50. The summed E-state index contributed by atoms with van der Waals surface area (Å²) in [6.07, 6.45) is 1.52. The molecule has 1 aromatic rings. The first-order valence-corrected chi connectivity index (χ1v) is 6.56. The minimum atomic E-state index is 0.0539. The first-order valence-electron chi connectivity index (χ1n) is 6.56. The Kier molecular flexibility index (Phi) is 3.80. The fourth-order valence-corrected chi connectivity index (χ4v) is 2.26. The summed E-state index contributed by atoms with van der Waals surface area (Å²) < 4.78 is 5.29. The van der Waals surface area contributed by atoms with E-state index in [0.29, 0.717) is 17.9 Å². The normalized spacial score (nSPS) is 19.9. The van der Waals surface area contributed by atoms with E-state index in [1.807, 2.05) is 18.2 Å². The molecule has 1 atom stereocenters. The summed E-state index contributed by atoms with van der Waals surface area (Å²) in [6.45, 7) is 4.29. The molecule has 1 aliphatic carbocycles. The lowest BCUT2D eigenvalue weighted by molar-refractivity contribution is -0.118. The number of hydrogen-bond acceptors (Lipinski definition) is 3. The summed E-state index contributed by atoms with van der Waals surface area (Å²) in [5, 5.41) is 11.8. The molecule has 0 radical (unpaired) electrons. The molecule has 0 aromatic heterocycles. The number of hydrogen-bond donors (Lipinski definition) is 2. The van der Waals surface area contributed by atoms with Crippen LogP contribution in [0.5, 0.6) is 5.75 Å². The van der Waals surface area contributed by atoms with Crippen molar-refractivity contribution < 1.29 is 14.6 Å². The van der Waals surface area contributed by atoms with E-state index in [1.165, 1.54) is 0 Å². The summed E-state index contributed by atoms with van der Waals surface area (Å²) in [7, 11) is 1.58. The fourth-order valence-electron chi connectivity index (χ4n) is 2.26.